The van der Waals surface area contributed by atoms with Crippen LogP contribution in [0.3, 0.4) is 0 Å². The predicted octanol–water partition coefficient (Wildman–Crippen LogP) is 4.65. The number of ether oxygens (including phenoxy) is 1. The summed E-state index contributed by atoms with van der Waals surface area (Å²) in [4.78, 5) is 45.9. The number of hydrogen-bond acceptors (Lipinski definition) is 10. The number of likely N-dealkylation sites (tertiary alicyclic amines) is 1. The lowest BCUT2D eigenvalue weighted by atomic mass is 9.76. The molecule has 2 aromatic rings. The van der Waals surface area contributed by atoms with Gasteiger partial charge in [0.15, 0.2) is 5.82 Å². The van der Waals surface area contributed by atoms with Crippen molar-refractivity contribution in [1.29, 1.82) is 0 Å². The molecule has 1 spiro atoms. The highest BCUT2D eigenvalue weighted by molar-refractivity contribution is 5.97. The van der Waals surface area contributed by atoms with Crippen molar-refractivity contribution in [1.82, 2.24) is 29.9 Å². The van der Waals surface area contributed by atoms with Gasteiger partial charge in [0.05, 0.1) is 5.56 Å². The highest BCUT2D eigenvalue weighted by atomic mass is 19.1. The van der Waals surface area contributed by atoms with E-state index in [9.17, 15) is 18.8 Å². The molecule has 14 heteroatoms. The van der Waals surface area contributed by atoms with Crippen LogP contribution in [0.15, 0.2) is 36.7 Å². The minimum atomic E-state index is -1.26. The second-order valence-corrected chi connectivity index (χ2v) is 13.5. The number of aromatic nitrogens is 3. The molecule has 0 aliphatic carbocycles. The van der Waals surface area contributed by atoms with Crippen LogP contribution in [0.4, 0.5) is 10.2 Å². The first kappa shape index (κ1) is 39.3. The second kappa shape index (κ2) is 18.0. The number of rotatable bonds is 15. The zero-order valence-electron chi connectivity index (χ0n) is 29.8. The molecule has 1 aromatic carbocycles. The summed E-state index contributed by atoms with van der Waals surface area (Å²) in [5.41, 5.74) is 0.389. The van der Waals surface area contributed by atoms with Gasteiger partial charge in [-0.1, -0.05) is 20.8 Å². The summed E-state index contributed by atoms with van der Waals surface area (Å²) in [6.07, 6.45) is 6.07. The van der Waals surface area contributed by atoms with E-state index in [1.807, 2.05) is 20.8 Å². The van der Waals surface area contributed by atoms with Crippen LogP contribution in [-0.2, 0) is 9.59 Å². The Hall–Kier alpha value is -4.17. The van der Waals surface area contributed by atoms with E-state index in [1.54, 1.807) is 4.90 Å². The number of benzene rings is 1. The van der Waals surface area contributed by atoms with Gasteiger partial charge in [0, 0.05) is 62.4 Å². The maximum Gasteiger partial charge on any atom is 0.328 e. The molecular formula is C35H52FN7O6. The lowest BCUT2D eigenvalue weighted by Crippen LogP contribution is -2.62. The molecule has 1 atom stereocenters. The van der Waals surface area contributed by atoms with E-state index in [2.05, 4.69) is 57.7 Å². The molecule has 1 aromatic heterocycles. The Balaban J connectivity index is 0.000000723. The fourth-order valence-electron chi connectivity index (χ4n) is 6.53. The number of aliphatic carboxylic acids is 2. The third kappa shape index (κ3) is 10.9. The summed E-state index contributed by atoms with van der Waals surface area (Å²) >= 11 is 0. The number of hydrogen-bond donors (Lipinski definition) is 2. The molecule has 270 valence electrons. The SMILES string of the molecule is CCN(C)CCC[C@H](C(C)C)N1CC2(CCN(c3ncnnc3Oc3ccc(F)cc3C(=O)N(CC)C(C)C)C2)C1.O=C(O)/C=C/C(=O)O. The van der Waals surface area contributed by atoms with E-state index in [-0.39, 0.29) is 34.6 Å². The molecule has 49 heavy (non-hydrogen) atoms. The van der Waals surface area contributed by atoms with Gasteiger partial charge in [0.25, 0.3) is 11.8 Å². The molecule has 0 saturated carbocycles. The maximum absolute atomic E-state index is 14.2. The zero-order valence-corrected chi connectivity index (χ0v) is 29.8. The van der Waals surface area contributed by atoms with Gasteiger partial charge in [0.1, 0.15) is 17.9 Å². The van der Waals surface area contributed by atoms with Crippen LogP contribution >= 0.6 is 0 Å². The van der Waals surface area contributed by atoms with Crippen molar-refractivity contribution < 1.29 is 33.7 Å². The topological polar surface area (TPSA) is 153 Å². The molecule has 2 aliphatic rings. The molecule has 2 fully saturated rings. The van der Waals surface area contributed by atoms with Crippen molar-refractivity contribution in [3.05, 3.63) is 48.1 Å². The molecule has 0 unspecified atom stereocenters. The molecule has 2 saturated heterocycles. The fourth-order valence-corrected chi connectivity index (χ4v) is 6.53. The normalized spacial score (nSPS) is 16.2. The van der Waals surface area contributed by atoms with Gasteiger partial charge in [-0.05, 0) is 84.3 Å². The number of carboxylic acid groups (broad SMARTS) is 2. The molecule has 2 N–H and O–H groups in total. The Morgan fingerprint density at radius 3 is 2.31 bits per heavy atom. The van der Waals surface area contributed by atoms with E-state index in [0.717, 1.165) is 45.7 Å². The maximum atomic E-state index is 14.2. The van der Waals surface area contributed by atoms with Crippen LogP contribution in [-0.4, -0.2) is 123 Å². The highest BCUT2D eigenvalue weighted by Gasteiger charge is 2.50. The lowest BCUT2D eigenvalue weighted by Gasteiger charge is -2.53. The predicted molar refractivity (Wildman–Crippen MR) is 184 cm³/mol. The smallest absolute Gasteiger partial charge is 0.328 e. The Kier molecular flexibility index (Phi) is 14.4. The summed E-state index contributed by atoms with van der Waals surface area (Å²) in [6, 6.07) is 4.57. The first-order valence-electron chi connectivity index (χ1n) is 17.0. The second-order valence-electron chi connectivity index (χ2n) is 13.5. The summed E-state index contributed by atoms with van der Waals surface area (Å²) < 4.78 is 20.4. The van der Waals surface area contributed by atoms with Crippen molar-refractivity contribution in [3.8, 4) is 11.6 Å². The quantitative estimate of drug-likeness (QED) is 0.251. The van der Waals surface area contributed by atoms with Crippen LogP contribution in [0, 0.1) is 17.2 Å². The van der Waals surface area contributed by atoms with E-state index in [4.69, 9.17) is 14.9 Å². The van der Waals surface area contributed by atoms with Gasteiger partial charge >= 0.3 is 11.9 Å². The van der Waals surface area contributed by atoms with E-state index < -0.39 is 17.8 Å². The molecule has 2 aliphatic heterocycles. The summed E-state index contributed by atoms with van der Waals surface area (Å²) in [5.74, 6) is -1.59. The summed E-state index contributed by atoms with van der Waals surface area (Å²) in [6.45, 7) is 19.3. The number of carbonyl (C=O) groups excluding carboxylic acids is 1. The number of amides is 1. The van der Waals surface area contributed by atoms with Gasteiger partial charge in [-0.3, -0.25) is 9.69 Å². The first-order chi connectivity index (χ1) is 23.2. The molecule has 3 heterocycles. The highest BCUT2D eigenvalue weighted by Crippen LogP contribution is 2.44. The van der Waals surface area contributed by atoms with Crippen LogP contribution in [0.5, 0.6) is 11.6 Å². The average Bonchev–Trinajstić information content (AvgIpc) is 3.48. The van der Waals surface area contributed by atoms with Crippen molar-refractivity contribution in [2.75, 3.05) is 57.8 Å². The number of halogens is 1. The number of carboxylic acids is 2. The van der Waals surface area contributed by atoms with Crippen molar-refractivity contribution in [3.63, 3.8) is 0 Å². The van der Waals surface area contributed by atoms with Crippen molar-refractivity contribution in [2.24, 2.45) is 11.3 Å². The minimum absolute atomic E-state index is 0.0341. The van der Waals surface area contributed by atoms with Gasteiger partial charge < -0.3 is 29.6 Å². The largest absolute Gasteiger partial charge is 0.478 e. The van der Waals surface area contributed by atoms with Gasteiger partial charge in [-0.15, -0.1) is 10.2 Å². The molecule has 1 amide bonds. The molecule has 13 nitrogen and oxygen atoms in total. The number of nitrogens with zero attached hydrogens (tertiary/aromatic N) is 7. The third-order valence-corrected chi connectivity index (χ3v) is 9.18. The molecule has 0 bridgehead atoms. The van der Waals surface area contributed by atoms with Gasteiger partial charge in [-0.25, -0.2) is 19.0 Å². The Bertz CT molecular complexity index is 1430. The fraction of sp³-hybridized carbons (Fsp3) is 0.600. The Labute approximate surface area is 288 Å². The van der Waals surface area contributed by atoms with Crippen LogP contribution < -0.4 is 9.64 Å². The Morgan fingerprint density at radius 1 is 1.06 bits per heavy atom. The van der Waals surface area contributed by atoms with Crippen LogP contribution in [0.1, 0.15) is 71.2 Å². The summed E-state index contributed by atoms with van der Waals surface area (Å²) in [7, 11) is 2.19. The van der Waals surface area contributed by atoms with Crippen LogP contribution in [0.2, 0.25) is 0 Å². The van der Waals surface area contributed by atoms with Crippen molar-refractivity contribution >= 4 is 23.7 Å². The molecule has 0 radical (unpaired) electrons. The van der Waals surface area contributed by atoms with E-state index >= 15 is 0 Å². The molecule has 4 rings (SSSR count). The monoisotopic (exact) mass is 685 g/mol. The minimum Gasteiger partial charge on any atom is -0.478 e. The standard InChI is InChI=1S/C31H48FN7O2.C4H4O4/c1-8-36(7)15-10-11-26(22(3)4)38-19-31(20-38)14-16-37(18-31)28-29(35-34-21-33-28)41-27-13-12-24(32)17-25(27)30(40)39(9-2)23(5)6;5-3(6)1-2-4(7)8/h12-13,17,21-23,26H,8-11,14-16,18-20H2,1-7H3;1-2H,(H,5,6)(H,7,8)/b;2-1+/t26-;/m1./s1. The average molecular weight is 686 g/mol. The van der Waals surface area contributed by atoms with Gasteiger partial charge in [-0.2, -0.15) is 0 Å². The van der Waals surface area contributed by atoms with Crippen molar-refractivity contribution in [2.45, 2.75) is 72.9 Å². The molecular weight excluding hydrogens is 633 g/mol. The zero-order chi connectivity index (χ0) is 36.3. The van der Waals surface area contributed by atoms with E-state index in [1.165, 1.54) is 37.4 Å². The number of anilines is 1. The first-order valence-corrected chi connectivity index (χ1v) is 17.0. The van der Waals surface area contributed by atoms with E-state index in [0.29, 0.717) is 36.5 Å². The Morgan fingerprint density at radius 2 is 1.73 bits per heavy atom. The summed E-state index contributed by atoms with van der Waals surface area (Å²) in [5, 5.41) is 23.8. The lowest BCUT2D eigenvalue weighted by molar-refractivity contribution is -0.134. The third-order valence-electron chi connectivity index (χ3n) is 9.18. The van der Waals surface area contributed by atoms with Gasteiger partial charge in [0.2, 0.25) is 0 Å². The van der Waals surface area contributed by atoms with Crippen LogP contribution in [0.25, 0.3) is 0 Å². The number of carbonyl (C=O) groups is 3.